The van der Waals surface area contributed by atoms with Gasteiger partial charge in [-0.3, -0.25) is 4.79 Å². The molecule has 0 aromatic rings. The van der Waals surface area contributed by atoms with Crippen molar-refractivity contribution in [1.29, 1.82) is 0 Å². The fraction of sp³-hybridized carbons (Fsp3) is 0.825. The maximum atomic E-state index is 12.5. The minimum atomic E-state index is -1.53. The summed E-state index contributed by atoms with van der Waals surface area (Å²) < 4.78 is 22.6. The van der Waals surface area contributed by atoms with E-state index >= 15 is 0 Å². The van der Waals surface area contributed by atoms with E-state index in [2.05, 4.69) is 50.3 Å². The van der Waals surface area contributed by atoms with Gasteiger partial charge in [-0.25, -0.2) is 0 Å². The molecule has 0 aromatic carbocycles. The van der Waals surface area contributed by atoms with Gasteiger partial charge < -0.3 is 39.4 Å². The van der Waals surface area contributed by atoms with Gasteiger partial charge in [0.1, 0.15) is 30.5 Å². The van der Waals surface area contributed by atoms with Gasteiger partial charge >= 0.3 is 5.97 Å². The number of esters is 1. The van der Waals surface area contributed by atoms with Crippen LogP contribution < -0.4 is 0 Å². The Morgan fingerprint density at radius 3 is 1.82 bits per heavy atom. The normalized spacial score (nSPS) is 22.1. The first-order valence-electron chi connectivity index (χ1n) is 19.6. The summed E-state index contributed by atoms with van der Waals surface area (Å²) in [7, 11) is 0. The van der Waals surface area contributed by atoms with Crippen LogP contribution in [-0.2, 0) is 23.7 Å². The molecule has 6 unspecified atom stereocenters. The summed E-state index contributed by atoms with van der Waals surface area (Å²) in [4.78, 5) is 12.5. The summed E-state index contributed by atoms with van der Waals surface area (Å²) in [5.74, 6) is -0.328. The first-order valence-corrected chi connectivity index (χ1v) is 19.6. The molecule has 0 aromatic heterocycles. The van der Waals surface area contributed by atoms with Crippen molar-refractivity contribution in [3.8, 4) is 0 Å². The standard InChI is InChI=1S/C40H72O9/c1-3-5-7-9-11-12-13-14-15-16-17-18-19-20-21-22-23-24-26-28-30-46-32-34(48-36(42)29-27-25-10-8-6-4-2)33-47-40-39(45)38(44)37(43)35(31-41)49-40/h11-12,14-15,17-18,34-35,37-41,43-45H,3-10,13,16,19-33H2,1-2H3/b12-11-,15-14-,18-17-. The second-order valence-corrected chi connectivity index (χ2v) is 13.4. The molecular formula is C40H72O9. The smallest absolute Gasteiger partial charge is 0.306 e. The van der Waals surface area contributed by atoms with Crippen LogP contribution in [0, 0.1) is 0 Å². The van der Waals surface area contributed by atoms with Gasteiger partial charge in [0, 0.05) is 13.0 Å². The van der Waals surface area contributed by atoms with Gasteiger partial charge in [-0.2, -0.15) is 0 Å². The highest BCUT2D eigenvalue weighted by Gasteiger charge is 2.44. The third kappa shape index (κ3) is 24.3. The molecule has 4 N–H and O–H groups in total. The summed E-state index contributed by atoms with van der Waals surface area (Å²) in [6.07, 6.45) is 29.1. The number of hydrogen-bond acceptors (Lipinski definition) is 9. The minimum absolute atomic E-state index is 0.117. The molecule has 9 heteroatoms. The molecule has 1 rings (SSSR count). The second-order valence-electron chi connectivity index (χ2n) is 13.4. The number of allylic oxidation sites excluding steroid dienone is 6. The minimum Gasteiger partial charge on any atom is -0.457 e. The highest BCUT2D eigenvalue weighted by molar-refractivity contribution is 5.69. The van der Waals surface area contributed by atoms with E-state index in [1.54, 1.807) is 0 Å². The second kappa shape index (κ2) is 32.3. The zero-order valence-corrected chi connectivity index (χ0v) is 30.9. The van der Waals surface area contributed by atoms with Crippen LogP contribution in [0.25, 0.3) is 0 Å². The Bertz CT molecular complexity index is 844. The summed E-state index contributed by atoms with van der Waals surface area (Å²) in [5.41, 5.74) is 0. The fourth-order valence-electron chi connectivity index (χ4n) is 5.67. The number of aliphatic hydroxyl groups is 4. The van der Waals surface area contributed by atoms with E-state index in [0.29, 0.717) is 13.0 Å². The van der Waals surface area contributed by atoms with Crippen LogP contribution in [0.2, 0.25) is 0 Å². The summed E-state index contributed by atoms with van der Waals surface area (Å²) in [6, 6.07) is 0. The van der Waals surface area contributed by atoms with E-state index in [4.69, 9.17) is 18.9 Å². The third-order valence-corrected chi connectivity index (χ3v) is 8.81. The molecule has 49 heavy (non-hydrogen) atoms. The first kappa shape index (κ1) is 45.4. The van der Waals surface area contributed by atoms with Crippen LogP contribution in [0.1, 0.15) is 149 Å². The number of carbonyl (C=O) groups excluding carboxylic acids is 1. The summed E-state index contributed by atoms with van der Waals surface area (Å²) >= 11 is 0. The van der Waals surface area contributed by atoms with Gasteiger partial charge in [0.2, 0.25) is 0 Å². The lowest BCUT2D eigenvalue weighted by Gasteiger charge is -2.39. The Morgan fingerprint density at radius 2 is 1.18 bits per heavy atom. The van der Waals surface area contributed by atoms with Crippen LogP contribution in [-0.4, -0.2) is 89.6 Å². The molecule has 1 aliphatic heterocycles. The van der Waals surface area contributed by atoms with E-state index in [0.717, 1.165) is 57.8 Å². The number of aliphatic hydroxyl groups excluding tert-OH is 4. The first-order chi connectivity index (χ1) is 23.9. The third-order valence-electron chi connectivity index (χ3n) is 8.81. The van der Waals surface area contributed by atoms with Gasteiger partial charge in [0.15, 0.2) is 6.29 Å². The van der Waals surface area contributed by atoms with E-state index in [1.165, 1.54) is 70.6 Å². The molecule has 1 aliphatic rings. The zero-order chi connectivity index (χ0) is 35.8. The molecule has 0 spiro atoms. The van der Waals surface area contributed by atoms with Crippen LogP contribution >= 0.6 is 0 Å². The Morgan fingerprint density at radius 1 is 0.653 bits per heavy atom. The van der Waals surface area contributed by atoms with Crippen LogP contribution in [0.3, 0.4) is 0 Å². The molecule has 1 fully saturated rings. The maximum absolute atomic E-state index is 12.5. The molecule has 0 radical (unpaired) electrons. The molecule has 1 heterocycles. The van der Waals surface area contributed by atoms with E-state index < -0.39 is 43.4 Å². The monoisotopic (exact) mass is 697 g/mol. The van der Waals surface area contributed by atoms with Crippen molar-refractivity contribution in [3.05, 3.63) is 36.5 Å². The highest BCUT2D eigenvalue weighted by Crippen LogP contribution is 2.22. The molecule has 0 amide bonds. The molecule has 0 aliphatic carbocycles. The van der Waals surface area contributed by atoms with Crippen LogP contribution in [0.4, 0.5) is 0 Å². The highest BCUT2D eigenvalue weighted by atomic mass is 16.7. The molecule has 0 saturated carbocycles. The Kier molecular flexibility index (Phi) is 30.0. The lowest BCUT2D eigenvalue weighted by molar-refractivity contribution is -0.305. The zero-order valence-electron chi connectivity index (χ0n) is 30.9. The summed E-state index contributed by atoms with van der Waals surface area (Å²) in [6.45, 7) is 4.43. The number of carbonyl (C=O) groups is 1. The Hall–Kier alpha value is -1.59. The molecule has 0 bridgehead atoms. The van der Waals surface area contributed by atoms with Gasteiger partial charge in [-0.1, -0.05) is 127 Å². The van der Waals surface area contributed by atoms with Crippen molar-refractivity contribution < 1.29 is 44.2 Å². The van der Waals surface area contributed by atoms with Gasteiger partial charge in [-0.15, -0.1) is 0 Å². The SMILES string of the molecule is CCCCC/C=C\C/C=C\C/C=C\CCCCCCCCCOCC(COC1OC(CO)C(O)C(O)C1O)OC(=O)CCCCCCCC. The predicted molar refractivity (Wildman–Crippen MR) is 196 cm³/mol. The number of rotatable bonds is 32. The van der Waals surface area contributed by atoms with Crippen molar-refractivity contribution in [2.75, 3.05) is 26.4 Å². The number of ether oxygens (including phenoxy) is 4. The molecule has 9 nitrogen and oxygen atoms in total. The quantitative estimate of drug-likeness (QED) is 0.0318. The Balaban J connectivity index is 2.23. The van der Waals surface area contributed by atoms with E-state index in [-0.39, 0.29) is 19.2 Å². The van der Waals surface area contributed by atoms with E-state index in [9.17, 15) is 25.2 Å². The van der Waals surface area contributed by atoms with Crippen LogP contribution in [0.5, 0.6) is 0 Å². The molecular weight excluding hydrogens is 624 g/mol. The van der Waals surface area contributed by atoms with Crippen molar-refractivity contribution in [3.63, 3.8) is 0 Å². The van der Waals surface area contributed by atoms with Crippen LogP contribution in [0.15, 0.2) is 36.5 Å². The van der Waals surface area contributed by atoms with Crippen molar-refractivity contribution in [1.82, 2.24) is 0 Å². The molecule has 286 valence electrons. The summed E-state index contributed by atoms with van der Waals surface area (Å²) in [5, 5.41) is 39.8. The number of unbranched alkanes of at least 4 members (excludes halogenated alkanes) is 15. The number of hydrogen-bond donors (Lipinski definition) is 4. The van der Waals surface area contributed by atoms with Gasteiger partial charge in [0.25, 0.3) is 0 Å². The molecule has 1 saturated heterocycles. The van der Waals surface area contributed by atoms with Crippen molar-refractivity contribution in [2.45, 2.75) is 185 Å². The maximum Gasteiger partial charge on any atom is 0.306 e. The largest absolute Gasteiger partial charge is 0.457 e. The topological polar surface area (TPSA) is 135 Å². The van der Waals surface area contributed by atoms with Crippen molar-refractivity contribution in [2.24, 2.45) is 0 Å². The average Bonchev–Trinajstić information content (AvgIpc) is 3.10. The van der Waals surface area contributed by atoms with Gasteiger partial charge in [-0.05, 0) is 51.4 Å². The lowest BCUT2D eigenvalue weighted by atomic mass is 9.99. The van der Waals surface area contributed by atoms with E-state index in [1.807, 2.05) is 0 Å². The lowest BCUT2D eigenvalue weighted by Crippen LogP contribution is -2.59. The fourth-order valence-corrected chi connectivity index (χ4v) is 5.67. The predicted octanol–water partition coefficient (Wildman–Crippen LogP) is 7.63. The average molecular weight is 697 g/mol. The van der Waals surface area contributed by atoms with Crippen molar-refractivity contribution >= 4 is 5.97 Å². The Labute approximate surface area is 298 Å². The molecule has 6 atom stereocenters. The van der Waals surface area contributed by atoms with Gasteiger partial charge in [0.05, 0.1) is 19.8 Å².